The molecule has 8 heteroatoms. The van der Waals surface area contributed by atoms with E-state index >= 15 is 0 Å². The van der Waals surface area contributed by atoms with Crippen molar-refractivity contribution in [3.63, 3.8) is 0 Å². The number of amides is 1. The van der Waals surface area contributed by atoms with Crippen molar-refractivity contribution in [2.45, 2.75) is 27.4 Å². The van der Waals surface area contributed by atoms with Gasteiger partial charge in [0.15, 0.2) is 0 Å². The minimum Gasteiger partial charge on any atom is -0.493 e. The van der Waals surface area contributed by atoms with Gasteiger partial charge in [-0.05, 0) is 80.4 Å². The fraction of sp³-hybridized carbons (Fsp3) is 0.250. The molecule has 0 fully saturated rings. The number of nitrogens with one attached hydrogen (secondary N) is 1. The molecule has 188 valence electrons. The number of aryl methyl sites for hydroxylation is 2. The summed E-state index contributed by atoms with van der Waals surface area (Å²) >= 11 is 0. The van der Waals surface area contributed by atoms with E-state index < -0.39 is 17.8 Å². The summed E-state index contributed by atoms with van der Waals surface area (Å²) < 4.78 is 21.2. The van der Waals surface area contributed by atoms with Gasteiger partial charge in [-0.25, -0.2) is 9.59 Å². The van der Waals surface area contributed by atoms with E-state index in [1.165, 1.54) is 32.4 Å². The molecular weight excluding hydrogens is 462 g/mol. The number of rotatable bonds is 9. The van der Waals surface area contributed by atoms with Crippen molar-refractivity contribution in [3.05, 3.63) is 88.0 Å². The number of benzene rings is 3. The van der Waals surface area contributed by atoms with E-state index in [9.17, 15) is 14.4 Å². The molecular formula is C28H29NO7. The number of carbonyl (C=O) groups is 3. The smallest absolute Gasteiger partial charge is 0.337 e. The zero-order valence-electron chi connectivity index (χ0n) is 21.0. The molecule has 8 nitrogen and oxygen atoms in total. The van der Waals surface area contributed by atoms with Crippen LogP contribution in [0.1, 0.15) is 54.7 Å². The van der Waals surface area contributed by atoms with E-state index in [0.717, 1.165) is 16.9 Å². The van der Waals surface area contributed by atoms with Crippen LogP contribution in [0.2, 0.25) is 0 Å². The second-order valence-electron chi connectivity index (χ2n) is 8.10. The average Bonchev–Trinajstić information content (AvgIpc) is 2.86. The Balaban J connectivity index is 1.87. The zero-order valence-corrected chi connectivity index (χ0v) is 21.0. The minimum absolute atomic E-state index is 0.102. The Bertz CT molecular complexity index is 1230. The van der Waals surface area contributed by atoms with Gasteiger partial charge < -0.3 is 24.3 Å². The van der Waals surface area contributed by atoms with Gasteiger partial charge in [0.25, 0.3) is 5.91 Å². The number of methoxy groups -OCH3 is 2. The number of esters is 2. The molecule has 0 unspecified atom stereocenters. The third-order valence-corrected chi connectivity index (χ3v) is 5.25. The minimum atomic E-state index is -0.650. The summed E-state index contributed by atoms with van der Waals surface area (Å²) in [4.78, 5) is 37.2. The predicted molar refractivity (Wildman–Crippen MR) is 135 cm³/mol. The largest absolute Gasteiger partial charge is 0.493 e. The molecule has 0 spiro atoms. The highest BCUT2D eigenvalue weighted by atomic mass is 16.5. The van der Waals surface area contributed by atoms with Crippen molar-refractivity contribution < 1.29 is 33.3 Å². The average molecular weight is 492 g/mol. The first-order valence-corrected chi connectivity index (χ1v) is 11.3. The lowest BCUT2D eigenvalue weighted by molar-refractivity contribution is 0.0598. The third-order valence-electron chi connectivity index (χ3n) is 5.25. The third kappa shape index (κ3) is 6.63. The van der Waals surface area contributed by atoms with E-state index in [1.807, 2.05) is 32.9 Å². The van der Waals surface area contributed by atoms with Crippen LogP contribution >= 0.6 is 0 Å². The van der Waals surface area contributed by atoms with E-state index in [1.54, 1.807) is 18.2 Å². The summed E-state index contributed by atoms with van der Waals surface area (Å²) in [6.45, 7) is 6.53. The fourth-order valence-corrected chi connectivity index (χ4v) is 3.68. The molecule has 1 amide bonds. The Hall–Kier alpha value is -4.33. The molecule has 0 aliphatic heterocycles. The molecule has 1 N–H and O–H groups in total. The second-order valence-corrected chi connectivity index (χ2v) is 8.10. The monoisotopic (exact) mass is 491 g/mol. The van der Waals surface area contributed by atoms with Gasteiger partial charge in [-0.15, -0.1) is 0 Å². The molecule has 3 aromatic carbocycles. The molecule has 0 heterocycles. The van der Waals surface area contributed by atoms with Crippen LogP contribution in [0.25, 0.3) is 0 Å². The highest BCUT2D eigenvalue weighted by molar-refractivity contribution is 6.06. The lowest BCUT2D eigenvalue weighted by Gasteiger charge is -2.14. The van der Waals surface area contributed by atoms with E-state index in [0.29, 0.717) is 23.5 Å². The van der Waals surface area contributed by atoms with Crippen LogP contribution in [0.15, 0.2) is 54.6 Å². The molecule has 0 aliphatic carbocycles. The number of hydrogen-bond acceptors (Lipinski definition) is 7. The quantitative estimate of drug-likeness (QED) is 0.415. The lowest BCUT2D eigenvalue weighted by atomic mass is 10.1. The maximum Gasteiger partial charge on any atom is 0.337 e. The Kier molecular flexibility index (Phi) is 8.67. The summed E-state index contributed by atoms with van der Waals surface area (Å²) in [6.07, 6.45) is 0. The standard InChI is InChI=1S/C28H29NO7/c1-6-35-25-8-7-19(12-22(25)16-36-24-10-17(2)9-18(3)11-24)26(30)29-23-14-20(27(31)33-4)13-21(15-23)28(32)34-5/h7-15H,6,16H2,1-5H3,(H,29,30). The Morgan fingerprint density at radius 3 is 1.92 bits per heavy atom. The molecule has 0 aliphatic rings. The molecule has 3 aromatic rings. The van der Waals surface area contributed by atoms with Crippen molar-refractivity contribution >= 4 is 23.5 Å². The van der Waals surface area contributed by atoms with Gasteiger partial charge in [0.2, 0.25) is 0 Å². The topological polar surface area (TPSA) is 100 Å². The molecule has 36 heavy (non-hydrogen) atoms. The van der Waals surface area contributed by atoms with Crippen LogP contribution < -0.4 is 14.8 Å². The summed E-state index contributed by atoms with van der Waals surface area (Å²) in [6, 6.07) is 15.2. The van der Waals surface area contributed by atoms with Crippen LogP contribution in [0.3, 0.4) is 0 Å². The summed E-state index contributed by atoms with van der Waals surface area (Å²) in [5.41, 5.74) is 3.66. The van der Waals surface area contributed by atoms with Crippen molar-refractivity contribution in [2.24, 2.45) is 0 Å². The van der Waals surface area contributed by atoms with Gasteiger partial charge >= 0.3 is 11.9 Å². The molecule has 0 saturated carbocycles. The van der Waals surface area contributed by atoms with Crippen molar-refractivity contribution in [3.8, 4) is 11.5 Å². The van der Waals surface area contributed by atoms with Gasteiger partial charge in [0.05, 0.1) is 32.0 Å². The Morgan fingerprint density at radius 1 is 0.750 bits per heavy atom. The zero-order chi connectivity index (χ0) is 26.2. The molecule has 0 bridgehead atoms. The number of anilines is 1. The summed E-state index contributed by atoms with van der Waals surface area (Å²) in [5, 5.41) is 2.73. The van der Waals surface area contributed by atoms with Crippen molar-refractivity contribution in [1.82, 2.24) is 0 Å². The molecule has 0 atom stereocenters. The SMILES string of the molecule is CCOc1ccc(C(=O)Nc2cc(C(=O)OC)cc(C(=O)OC)c2)cc1COc1cc(C)cc(C)c1. The van der Waals surface area contributed by atoms with E-state index in [4.69, 9.17) is 18.9 Å². The van der Waals surface area contributed by atoms with E-state index in [2.05, 4.69) is 11.4 Å². The number of carbonyl (C=O) groups excluding carboxylic acids is 3. The lowest BCUT2D eigenvalue weighted by Crippen LogP contribution is -2.15. The Labute approximate surface area is 210 Å². The van der Waals surface area contributed by atoms with Crippen LogP contribution in [-0.2, 0) is 16.1 Å². The van der Waals surface area contributed by atoms with E-state index in [-0.39, 0.29) is 23.4 Å². The first-order chi connectivity index (χ1) is 17.2. The highest BCUT2D eigenvalue weighted by Gasteiger charge is 2.17. The fourth-order valence-electron chi connectivity index (χ4n) is 3.68. The van der Waals surface area contributed by atoms with Crippen molar-refractivity contribution in [2.75, 3.05) is 26.1 Å². The van der Waals surface area contributed by atoms with Crippen LogP contribution in [0, 0.1) is 13.8 Å². The van der Waals surface area contributed by atoms with Gasteiger partial charge in [0.1, 0.15) is 18.1 Å². The van der Waals surface area contributed by atoms with Gasteiger partial charge in [0, 0.05) is 16.8 Å². The number of ether oxygens (including phenoxy) is 4. The first-order valence-electron chi connectivity index (χ1n) is 11.3. The maximum atomic E-state index is 13.1. The highest BCUT2D eigenvalue weighted by Crippen LogP contribution is 2.25. The van der Waals surface area contributed by atoms with Crippen LogP contribution in [0.5, 0.6) is 11.5 Å². The van der Waals surface area contributed by atoms with Crippen LogP contribution in [-0.4, -0.2) is 38.7 Å². The molecule has 0 aromatic heterocycles. The van der Waals surface area contributed by atoms with Crippen molar-refractivity contribution in [1.29, 1.82) is 0 Å². The molecule has 0 radical (unpaired) electrons. The van der Waals surface area contributed by atoms with Gasteiger partial charge in [-0.2, -0.15) is 0 Å². The van der Waals surface area contributed by atoms with Crippen LogP contribution in [0.4, 0.5) is 5.69 Å². The Morgan fingerprint density at radius 2 is 1.36 bits per heavy atom. The predicted octanol–water partition coefficient (Wildman–Crippen LogP) is 5.11. The summed E-state index contributed by atoms with van der Waals surface area (Å²) in [7, 11) is 2.46. The number of hydrogen-bond donors (Lipinski definition) is 1. The molecule has 3 rings (SSSR count). The van der Waals surface area contributed by atoms with Gasteiger partial charge in [-0.1, -0.05) is 6.07 Å². The maximum absolute atomic E-state index is 13.1. The molecule has 0 saturated heterocycles. The first kappa shape index (κ1) is 26.3. The second kappa shape index (κ2) is 11.9. The van der Waals surface area contributed by atoms with Gasteiger partial charge in [-0.3, -0.25) is 4.79 Å². The summed E-state index contributed by atoms with van der Waals surface area (Å²) in [5.74, 6) is -0.409. The normalized spacial score (nSPS) is 10.4.